The monoisotopic (exact) mass is 302 g/mol. The topological polar surface area (TPSA) is 59.9 Å². The van der Waals surface area contributed by atoms with E-state index in [-0.39, 0.29) is 11.6 Å². The van der Waals surface area contributed by atoms with Gasteiger partial charge in [0, 0.05) is 23.5 Å². The number of fused-ring (bicyclic) bond motifs is 1. The SMILES string of the molecule is O=C1c2ccccc2C(=O)C1(Br)c1cnccn1. The Morgan fingerprint density at radius 1 is 1.00 bits per heavy atom. The van der Waals surface area contributed by atoms with E-state index >= 15 is 0 Å². The summed E-state index contributed by atoms with van der Waals surface area (Å²) in [5, 5.41) is 0. The summed E-state index contributed by atoms with van der Waals surface area (Å²) in [7, 11) is 0. The lowest BCUT2D eigenvalue weighted by Gasteiger charge is -2.16. The first kappa shape index (κ1) is 11.2. The first-order valence-corrected chi connectivity index (χ1v) is 6.09. The highest BCUT2D eigenvalue weighted by Gasteiger charge is 2.53. The molecule has 1 aromatic heterocycles. The van der Waals surface area contributed by atoms with E-state index in [1.165, 1.54) is 18.6 Å². The Bertz CT molecular complexity index is 620. The van der Waals surface area contributed by atoms with Gasteiger partial charge in [0.15, 0.2) is 15.9 Å². The van der Waals surface area contributed by atoms with E-state index in [0.29, 0.717) is 16.8 Å². The average Bonchev–Trinajstić information content (AvgIpc) is 2.64. The fraction of sp³-hybridized carbons (Fsp3) is 0.0769. The van der Waals surface area contributed by atoms with E-state index in [1.807, 2.05) is 0 Å². The molecule has 1 aromatic carbocycles. The quantitative estimate of drug-likeness (QED) is 0.598. The molecular formula is C13H7BrN2O2. The summed E-state index contributed by atoms with van der Waals surface area (Å²) in [4.78, 5) is 32.8. The Morgan fingerprint density at radius 2 is 1.61 bits per heavy atom. The van der Waals surface area contributed by atoms with Gasteiger partial charge in [-0.2, -0.15) is 0 Å². The number of rotatable bonds is 1. The number of hydrogen-bond acceptors (Lipinski definition) is 4. The number of carbonyl (C=O) groups is 2. The highest BCUT2D eigenvalue weighted by atomic mass is 79.9. The van der Waals surface area contributed by atoms with Crippen molar-refractivity contribution in [2.45, 2.75) is 4.32 Å². The zero-order chi connectivity index (χ0) is 12.8. The molecule has 0 saturated heterocycles. The third-order valence-corrected chi connectivity index (χ3v) is 4.08. The molecule has 0 saturated carbocycles. The second-order valence-electron chi connectivity index (χ2n) is 3.95. The van der Waals surface area contributed by atoms with Gasteiger partial charge in [0.25, 0.3) is 0 Å². The number of benzene rings is 1. The van der Waals surface area contributed by atoms with Crippen LogP contribution in [-0.4, -0.2) is 21.5 Å². The van der Waals surface area contributed by atoms with Gasteiger partial charge in [-0.1, -0.05) is 40.2 Å². The molecule has 18 heavy (non-hydrogen) atoms. The first-order valence-electron chi connectivity index (χ1n) is 5.29. The first-order chi connectivity index (χ1) is 8.65. The number of carbonyl (C=O) groups excluding carboxylic acids is 2. The van der Waals surface area contributed by atoms with E-state index in [1.54, 1.807) is 24.3 Å². The summed E-state index contributed by atoms with van der Waals surface area (Å²) in [6.45, 7) is 0. The molecule has 4 nitrogen and oxygen atoms in total. The Hall–Kier alpha value is -1.88. The lowest BCUT2D eigenvalue weighted by atomic mass is 10.00. The molecule has 5 heteroatoms. The average molecular weight is 303 g/mol. The number of aromatic nitrogens is 2. The van der Waals surface area contributed by atoms with Gasteiger partial charge in [-0.25, -0.2) is 0 Å². The van der Waals surface area contributed by atoms with Gasteiger partial charge < -0.3 is 0 Å². The maximum absolute atomic E-state index is 12.4. The van der Waals surface area contributed by atoms with Gasteiger partial charge in [0.05, 0.1) is 11.9 Å². The van der Waals surface area contributed by atoms with E-state index in [0.717, 1.165) is 0 Å². The van der Waals surface area contributed by atoms with Gasteiger partial charge >= 0.3 is 0 Å². The molecule has 3 rings (SSSR count). The summed E-state index contributed by atoms with van der Waals surface area (Å²) in [5.41, 5.74) is 1.16. The van der Waals surface area contributed by atoms with Gasteiger partial charge in [0.2, 0.25) is 0 Å². The number of Topliss-reactive ketones (excluding diaryl/α,β-unsaturated/α-hetero) is 2. The molecule has 1 aliphatic carbocycles. The largest absolute Gasteiger partial charge is 0.292 e. The van der Waals surface area contributed by atoms with Crippen molar-refractivity contribution < 1.29 is 9.59 Å². The minimum Gasteiger partial charge on any atom is -0.292 e. The summed E-state index contributed by atoms with van der Waals surface area (Å²) < 4.78 is -1.43. The minimum absolute atomic E-state index is 0.288. The molecule has 88 valence electrons. The second kappa shape index (κ2) is 3.81. The molecular weight excluding hydrogens is 296 g/mol. The summed E-state index contributed by atoms with van der Waals surface area (Å²) in [6.07, 6.45) is 4.38. The van der Waals surface area contributed by atoms with Crippen LogP contribution in [0.15, 0.2) is 42.9 Å². The van der Waals surface area contributed by atoms with E-state index < -0.39 is 4.32 Å². The molecule has 1 aliphatic rings. The Labute approximate surface area is 111 Å². The molecule has 2 aromatic rings. The van der Waals surface area contributed by atoms with Crippen molar-refractivity contribution in [3.8, 4) is 0 Å². The fourth-order valence-electron chi connectivity index (χ4n) is 2.06. The molecule has 0 amide bonds. The number of nitrogens with zero attached hydrogens (tertiary/aromatic N) is 2. The highest BCUT2D eigenvalue weighted by Crippen LogP contribution is 2.43. The standard InChI is InChI=1S/C13H7BrN2O2/c14-13(10-7-15-5-6-16-10)11(17)8-3-1-2-4-9(8)12(13)18/h1-7H. The molecule has 0 spiro atoms. The summed E-state index contributed by atoms with van der Waals surface area (Å²) in [5.74, 6) is -0.577. The summed E-state index contributed by atoms with van der Waals surface area (Å²) >= 11 is 3.26. The highest BCUT2D eigenvalue weighted by molar-refractivity contribution is 9.10. The van der Waals surface area contributed by atoms with Crippen LogP contribution >= 0.6 is 15.9 Å². The molecule has 0 fully saturated rings. The normalized spacial score (nSPS) is 16.7. The van der Waals surface area contributed by atoms with Crippen LogP contribution in [0.1, 0.15) is 26.4 Å². The van der Waals surface area contributed by atoms with Crippen LogP contribution in [0.2, 0.25) is 0 Å². The molecule has 0 atom stereocenters. The van der Waals surface area contributed by atoms with Crippen molar-refractivity contribution >= 4 is 27.5 Å². The van der Waals surface area contributed by atoms with E-state index in [9.17, 15) is 9.59 Å². The third-order valence-electron chi connectivity index (χ3n) is 2.96. The molecule has 0 radical (unpaired) electrons. The third kappa shape index (κ3) is 1.31. The van der Waals surface area contributed by atoms with Crippen LogP contribution < -0.4 is 0 Å². The van der Waals surface area contributed by atoms with Crippen LogP contribution in [0.5, 0.6) is 0 Å². The smallest absolute Gasteiger partial charge is 0.194 e. The Balaban J connectivity index is 2.23. The van der Waals surface area contributed by atoms with Crippen molar-refractivity contribution in [3.63, 3.8) is 0 Å². The van der Waals surface area contributed by atoms with E-state index in [4.69, 9.17) is 0 Å². The maximum atomic E-state index is 12.4. The molecule has 0 unspecified atom stereocenters. The Kier molecular flexibility index (Phi) is 2.38. The van der Waals surface area contributed by atoms with Crippen LogP contribution in [0.4, 0.5) is 0 Å². The van der Waals surface area contributed by atoms with Crippen molar-refractivity contribution in [2.75, 3.05) is 0 Å². The fourth-order valence-corrected chi connectivity index (χ4v) is 2.69. The summed E-state index contributed by atoms with van der Waals surface area (Å²) in [6, 6.07) is 6.77. The number of ketones is 2. The van der Waals surface area contributed by atoms with Crippen LogP contribution in [0.25, 0.3) is 0 Å². The zero-order valence-corrected chi connectivity index (χ0v) is 10.7. The van der Waals surface area contributed by atoms with Crippen LogP contribution in [0.3, 0.4) is 0 Å². The molecule has 0 N–H and O–H groups in total. The second-order valence-corrected chi connectivity index (χ2v) is 5.14. The molecule has 0 aliphatic heterocycles. The van der Waals surface area contributed by atoms with Gasteiger partial charge in [-0.15, -0.1) is 0 Å². The van der Waals surface area contributed by atoms with E-state index in [2.05, 4.69) is 25.9 Å². The Morgan fingerprint density at radius 3 is 2.11 bits per heavy atom. The van der Waals surface area contributed by atoms with Crippen LogP contribution in [-0.2, 0) is 4.32 Å². The molecule has 0 bridgehead atoms. The van der Waals surface area contributed by atoms with Crippen molar-refractivity contribution in [3.05, 3.63) is 59.7 Å². The number of halogens is 1. The number of alkyl halides is 1. The lowest BCUT2D eigenvalue weighted by Crippen LogP contribution is -2.32. The van der Waals surface area contributed by atoms with Crippen molar-refractivity contribution in [2.24, 2.45) is 0 Å². The zero-order valence-electron chi connectivity index (χ0n) is 9.13. The van der Waals surface area contributed by atoms with Crippen molar-refractivity contribution in [1.82, 2.24) is 9.97 Å². The lowest BCUT2D eigenvalue weighted by molar-refractivity contribution is 0.0868. The van der Waals surface area contributed by atoms with Gasteiger partial charge in [0.1, 0.15) is 0 Å². The number of hydrogen-bond donors (Lipinski definition) is 0. The van der Waals surface area contributed by atoms with Gasteiger partial charge in [-0.3, -0.25) is 19.6 Å². The predicted molar refractivity (Wildman–Crippen MR) is 67.7 cm³/mol. The maximum Gasteiger partial charge on any atom is 0.194 e. The van der Waals surface area contributed by atoms with Gasteiger partial charge in [-0.05, 0) is 0 Å². The molecule has 1 heterocycles. The van der Waals surface area contributed by atoms with Crippen LogP contribution in [0, 0.1) is 0 Å². The van der Waals surface area contributed by atoms with Crippen molar-refractivity contribution in [1.29, 1.82) is 0 Å². The predicted octanol–water partition coefficient (Wildman–Crippen LogP) is 2.15. The minimum atomic E-state index is -1.43.